The number of carbonyl (C=O) groups is 2. The number of piperidine rings is 1. The zero-order valence-electron chi connectivity index (χ0n) is 12.2. The van der Waals surface area contributed by atoms with Crippen LogP contribution in [0.25, 0.3) is 0 Å². The van der Waals surface area contributed by atoms with Crippen molar-refractivity contribution >= 4 is 24.2 Å². The summed E-state index contributed by atoms with van der Waals surface area (Å²) in [6.45, 7) is 5.84. The van der Waals surface area contributed by atoms with Crippen LogP contribution in [0.4, 0.5) is 0 Å². The van der Waals surface area contributed by atoms with Gasteiger partial charge in [-0.15, -0.1) is 12.4 Å². The molecular formula is C14H26ClN3O2. The van der Waals surface area contributed by atoms with Crippen LogP contribution in [0.5, 0.6) is 0 Å². The van der Waals surface area contributed by atoms with Crippen LogP contribution < -0.4 is 10.6 Å². The van der Waals surface area contributed by atoms with Gasteiger partial charge in [0.25, 0.3) is 0 Å². The van der Waals surface area contributed by atoms with Crippen molar-refractivity contribution in [2.45, 2.75) is 39.0 Å². The van der Waals surface area contributed by atoms with Crippen molar-refractivity contribution in [1.29, 1.82) is 0 Å². The summed E-state index contributed by atoms with van der Waals surface area (Å²) in [4.78, 5) is 25.9. The molecule has 5 nitrogen and oxygen atoms in total. The number of likely N-dealkylation sites (tertiary alicyclic amines) is 1. The third kappa shape index (κ3) is 4.35. The SMILES string of the molecule is CC1(C(=O)NCCC(=O)N2CCCCC2)CCNC1.Cl. The van der Waals surface area contributed by atoms with E-state index in [9.17, 15) is 9.59 Å². The van der Waals surface area contributed by atoms with Crippen LogP contribution in [0.3, 0.4) is 0 Å². The van der Waals surface area contributed by atoms with Gasteiger partial charge >= 0.3 is 0 Å². The van der Waals surface area contributed by atoms with Crippen LogP contribution in [0.1, 0.15) is 39.0 Å². The maximum Gasteiger partial charge on any atom is 0.227 e. The van der Waals surface area contributed by atoms with Crippen LogP contribution >= 0.6 is 12.4 Å². The highest BCUT2D eigenvalue weighted by molar-refractivity contribution is 5.85. The average Bonchev–Trinajstić information content (AvgIpc) is 2.88. The molecule has 2 amide bonds. The van der Waals surface area contributed by atoms with Gasteiger partial charge in [-0.25, -0.2) is 0 Å². The minimum atomic E-state index is -0.297. The first-order chi connectivity index (χ1) is 9.12. The molecule has 2 N–H and O–H groups in total. The predicted molar refractivity (Wildman–Crippen MR) is 80.9 cm³/mol. The van der Waals surface area contributed by atoms with E-state index in [0.29, 0.717) is 13.0 Å². The quantitative estimate of drug-likeness (QED) is 0.812. The van der Waals surface area contributed by atoms with E-state index in [2.05, 4.69) is 10.6 Å². The number of amides is 2. The summed E-state index contributed by atoms with van der Waals surface area (Å²) in [5, 5.41) is 6.12. The molecule has 0 spiro atoms. The summed E-state index contributed by atoms with van der Waals surface area (Å²) in [5.74, 6) is 0.249. The smallest absolute Gasteiger partial charge is 0.227 e. The molecular weight excluding hydrogens is 278 g/mol. The maximum absolute atomic E-state index is 12.0. The largest absolute Gasteiger partial charge is 0.355 e. The lowest BCUT2D eigenvalue weighted by atomic mass is 9.89. The van der Waals surface area contributed by atoms with Crippen LogP contribution in [-0.4, -0.2) is 49.4 Å². The Morgan fingerprint density at radius 2 is 1.95 bits per heavy atom. The zero-order chi connectivity index (χ0) is 13.7. The number of carbonyl (C=O) groups excluding carboxylic acids is 2. The third-order valence-corrected chi connectivity index (χ3v) is 4.25. The first kappa shape index (κ1) is 17.2. The average molecular weight is 304 g/mol. The highest BCUT2D eigenvalue weighted by Gasteiger charge is 2.35. The Kier molecular flexibility index (Phi) is 6.76. The van der Waals surface area contributed by atoms with E-state index in [1.54, 1.807) is 0 Å². The summed E-state index contributed by atoms with van der Waals surface area (Å²) in [7, 11) is 0. The second kappa shape index (κ2) is 7.84. The second-order valence-electron chi connectivity index (χ2n) is 5.93. The highest BCUT2D eigenvalue weighted by Crippen LogP contribution is 2.24. The van der Waals surface area contributed by atoms with Gasteiger partial charge in [0.2, 0.25) is 11.8 Å². The summed E-state index contributed by atoms with van der Waals surface area (Å²) in [6.07, 6.45) is 4.75. The van der Waals surface area contributed by atoms with Crippen molar-refractivity contribution in [2.24, 2.45) is 5.41 Å². The monoisotopic (exact) mass is 303 g/mol. The van der Waals surface area contributed by atoms with Crippen molar-refractivity contribution in [3.05, 3.63) is 0 Å². The normalized spacial score (nSPS) is 25.9. The predicted octanol–water partition coefficient (Wildman–Crippen LogP) is 0.927. The minimum absolute atomic E-state index is 0. The van der Waals surface area contributed by atoms with E-state index < -0.39 is 0 Å². The maximum atomic E-state index is 12.0. The molecule has 0 aromatic carbocycles. The third-order valence-electron chi connectivity index (χ3n) is 4.25. The van der Waals surface area contributed by atoms with E-state index in [0.717, 1.165) is 45.4 Å². The highest BCUT2D eigenvalue weighted by atomic mass is 35.5. The summed E-state index contributed by atoms with van der Waals surface area (Å²) >= 11 is 0. The Bertz CT molecular complexity index is 337. The van der Waals surface area contributed by atoms with Crippen LogP contribution in [0.2, 0.25) is 0 Å². The van der Waals surface area contributed by atoms with Gasteiger partial charge in [-0.05, 0) is 39.2 Å². The molecule has 2 heterocycles. The van der Waals surface area contributed by atoms with Crippen molar-refractivity contribution in [3.8, 4) is 0 Å². The molecule has 20 heavy (non-hydrogen) atoms. The van der Waals surface area contributed by atoms with Crippen molar-refractivity contribution in [3.63, 3.8) is 0 Å². The van der Waals surface area contributed by atoms with Gasteiger partial charge in [-0.3, -0.25) is 9.59 Å². The Labute approximate surface area is 127 Å². The molecule has 6 heteroatoms. The molecule has 1 unspecified atom stereocenters. The zero-order valence-corrected chi connectivity index (χ0v) is 13.1. The lowest BCUT2D eigenvalue weighted by molar-refractivity contribution is -0.132. The number of hydrogen-bond donors (Lipinski definition) is 2. The molecule has 2 rings (SSSR count). The first-order valence-corrected chi connectivity index (χ1v) is 7.39. The van der Waals surface area contributed by atoms with Crippen molar-refractivity contribution < 1.29 is 9.59 Å². The summed E-state index contributed by atoms with van der Waals surface area (Å²) < 4.78 is 0. The first-order valence-electron chi connectivity index (χ1n) is 7.39. The Balaban J connectivity index is 0.00000200. The molecule has 0 bridgehead atoms. The van der Waals surface area contributed by atoms with E-state index in [4.69, 9.17) is 0 Å². The molecule has 116 valence electrons. The fraction of sp³-hybridized carbons (Fsp3) is 0.857. The van der Waals surface area contributed by atoms with Gasteiger partial charge in [0.15, 0.2) is 0 Å². The van der Waals surface area contributed by atoms with Gasteiger partial charge in [-0.1, -0.05) is 0 Å². The summed E-state index contributed by atoms with van der Waals surface area (Å²) in [5.41, 5.74) is -0.297. The number of nitrogens with zero attached hydrogens (tertiary/aromatic N) is 1. The van der Waals surface area contributed by atoms with Gasteiger partial charge in [0.1, 0.15) is 0 Å². The summed E-state index contributed by atoms with van der Waals surface area (Å²) in [6, 6.07) is 0. The van der Waals surface area contributed by atoms with E-state index >= 15 is 0 Å². The van der Waals surface area contributed by atoms with Gasteiger partial charge in [0.05, 0.1) is 5.41 Å². The lowest BCUT2D eigenvalue weighted by Gasteiger charge is -2.27. The number of hydrogen-bond acceptors (Lipinski definition) is 3. The molecule has 1 atom stereocenters. The number of rotatable bonds is 4. The van der Waals surface area contributed by atoms with Crippen molar-refractivity contribution in [2.75, 3.05) is 32.7 Å². The standard InChI is InChI=1S/C14H25N3O2.ClH/c1-14(6-8-15-11-14)13(19)16-7-5-12(18)17-9-3-2-4-10-17;/h15H,2-11H2,1H3,(H,16,19);1H. The molecule has 2 aliphatic heterocycles. The molecule has 0 aliphatic carbocycles. The lowest BCUT2D eigenvalue weighted by Crippen LogP contribution is -2.42. The molecule has 2 saturated heterocycles. The topological polar surface area (TPSA) is 61.4 Å². The molecule has 0 aromatic rings. The molecule has 2 fully saturated rings. The molecule has 0 aromatic heterocycles. The van der Waals surface area contributed by atoms with Gasteiger partial charge < -0.3 is 15.5 Å². The van der Waals surface area contributed by atoms with E-state index in [-0.39, 0.29) is 29.6 Å². The molecule has 0 radical (unpaired) electrons. The minimum Gasteiger partial charge on any atom is -0.355 e. The number of halogens is 1. The van der Waals surface area contributed by atoms with Gasteiger partial charge in [-0.2, -0.15) is 0 Å². The Morgan fingerprint density at radius 3 is 2.55 bits per heavy atom. The van der Waals surface area contributed by atoms with E-state index in [1.165, 1.54) is 6.42 Å². The van der Waals surface area contributed by atoms with E-state index in [1.807, 2.05) is 11.8 Å². The molecule has 0 saturated carbocycles. The fourth-order valence-corrected chi connectivity index (χ4v) is 2.81. The Morgan fingerprint density at radius 1 is 1.25 bits per heavy atom. The van der Waals surface area contributed by atoms with Crippen LogP contribution in [-0.2, 0) is 9.59 Å². The fourth-order valence-electron chi connectivity index (χ4n) is 2.81. The number of nitrogens with one attached hydrogen (secondary N) is 2. The second-order valence-corrected chi connectivity index (χ2v) is 5.93. The molecule has 2 aliphatic rings. The van der Waals surface area contributed by atoms with Crippen LogP contribution in [0.15, 0.2) is 0 Å². The van der Waals surface area contributed by atoms with Gasteiger partial charge in [0, 0.05) is 32.6 Å². The Hall–Kier alpha value is -0.810. The van der Waals surface area contributed by atoms with Crippen molar-refractivity contribution in [1.82, 2.24) is 15.5 Å². The van der Waals surface area contributed by atoms with Crippen LogP contribution in [0, 0.1) is 5.41 Å².